The normalized spacial score (nSPS) is 21.5. The molecule has 8 heteroatoms. The van der Waals surface area contributed by atoms with E-state index in [1.54, 1.807) is 11.8 Å². The Kier molecular flexibility index (Phi) is 6.06. The number of hydrogen-bond acceptors (Lipinski definition) is 2. The number of anilines is 1. The Morgan fingerprint density at radius 1 is 1.14 bits per heavy atom. The lowest BCUT2D eigenvalue weighted by Crippen LogP contribution is -2.44. The first-order valence-electron chi connectivity index (χ1n) is 9.20. The van der Waals surface area contributed by atoms with Crippen molar-refractivity contribution in [1.82, 2.24) is 0 Å². The highest BCUT2D eigenvalue weighted by Gasteiger charge is 2.59. The minimum absolute atomic E-state index is 0.0675. The minimum Gasteiger partial charge on any atom is -0.388 e. The summed E-state index contributed by atoms with van der Waals surface area (Å²) in [6, 6.07) is 11.4. The van der Waals surface area contributed by atoms with E-state index >= 15 is 0 Å². The van der Waals surface area contributed by atoms with E-state index in [0.29, 0.717) is 5.84 Å². The molecule has 2 atom stereocenters. The zero-order valence-electron chi connectivity index (χ0n) is 16.1. The van der Waals surface area contributed by atoms with E-state index < -0.39 is 11.6 Å². The van der Waals surface area contributed by atoms with E-state index in [0.717, 1.165) is 11.3 Å². The van der Waals surface area contributed by atoms with Crippen LogP contribution in [0, 0.1) is 0 Å². The Balaban J connectivity index is 1.90. The molecular formula is C21H22Cl2F3N3. The van der Waals surface area contributed by atoms with Crippen molar-refractivity contribution < 1.29 is 13.2 Å². The number of nitrogens with zero attached hydrogens (tertiary/aromatic N) is 2. The fraction of sp³-hybridized carbons (Fsp3) is 0.381. The van der Waals surface area contributed by atoms with Gasteiger partial charge in [0.25, 0.3) is 0 Å². The van der Waals surface area contributed by atoms with Crippen LogP contribution in [0.2, 0.25) is 10.0 Å². The topological polar surface area (TPSA) is 41.6 Å². The van der Waals surface area contributed by atoms with Gasteiger partial charge in [0, 0.05) is 28.8 Å². The summed E-state index contributed by atoms with van der Waals surface area (Å²) in [5.74, 6) is 0.483. The molecule has 2 unspecified atom stereocenters. The smallest absolute Gasteiger partial charge is 0.388 e. The molecule has 3 nitrogen and oxygen atoms in total. The molecule has 2 aromatic rings. The second-order valence-electron chi connectivity index (χ2n) is 7.45. The fourth-order valence-corrected chi connectivity index (χ4v) is 4.36. The second kappa shape index (κ2) is 8.07. The van der Waals surface area contributed by atoms with Gasteiger partial charge >= 0.3 is 6.18 Å². The van der Waals surface area contributed by atoms with E-state index in [9.17, 15) is 13.2 Å². The number of aliphatic imine (C=N–C) groups is 1. The number of halogens is 5. The summed E-state index contributed by atoms with van der Waals surface area (Å²) >= 11 is 12.0. The van der Waals surface area contributed by atoms with E-state index in [1.807, 2.05) is 31.2 Å². The van der Waals surface area contributed by atoms with Gasteiger partial charge in [-0.2, -0.15) is 13.2 Å². The number of nitrogens with two attached hydrogens (primary N) is 1. The third-order valence-corrected chi connectivity index (χ3v) is 5.80. The van der Waals surface area contributed by atoms with Crippen molar-refractivity contribution in [3.63, 3.8) is 0 Å². The van der Waals surface area contributed by atoms with Gasteiger partial charge in [-0.15, -0.1) is 0 Å². The maximum Gasteiger partial charge on any atom is 0.400 e. The number of amidine groups is 1. The number of rotatable bonds is 4. The zero-order chi connectivity index (χ0) is 21.4. The molecule has 0 amide bonds. The molecule has 0 saturated carbocycles. The van der Waals surface area contributed by atoms with Crippen LogP contribution in [0.5, 0.6) is 0 Å². The van der Waals surface area contributed by atoms with Gasteiger partial charge in [0.15, 0.2) is 0 Å². The standard InChI is InChI=1S/C21H22Cl2F3N3/c1-13(28-14(2)27)15-3-5-19(6-4-15)29-8-7-20(12-29,21(24,25)26)16-9-17(22)11-18(23)10-16/h3-6,9-11,13H,7-8,12H2,1-2H3,(H2,27,28). The van der Waals surface area contributed by atoms with Crippen molar-refractivity contribution in [3.05, 3.63) is 63.6 Å². The highest BCUT2D eigenvalue weighted by atomic mass is 35.5. The van der Waals surface area contributed by atoms with Gasteiger partial charge in [0.05, 0.1) is 11.9 Å². The van der Waals surface area contributed by atoms with Gasteiger partial charge < -0.3 is 10.6 Å². The summed E-state index contributed by atoms with van der Waals surface area (Å²) in [5.41, 5.74) is 5.38. The van der Waals surface area contributed by atoms with E-state index in [2.05, 4.69) is 4.99 Å². The second-order valence-corrected chi connectivity index (χ2v) is 8.32. The van der Waals surface area contributed by atoms with Crippen LogP contribution >= 0.6 is 23.2 Å². The van der Waals surface area contributed by atoms with Crippen LogP contribution in [0.4, 0.5) is 18.9 Å². The van der Waals surface area contributed by atoms with E-state index in [-0.39, 0.29) is 41.2 Å². The molecule has 1 aliphatic heterocycles. The summed E-state index contributed by atoms with van der Waals surface area (Å²) in [6.07, 6.45) is -4.50. The molecule has 0 bridgehead atoms. The fourth-order valence-electron chi connectivity index (χ4n) is 3.83. The molecule has 1 saturated heterocycles. The maximum atomic E-state index is 14.2. The van der Waals surface area contributed by atoms with Gasteiger partial charge in [-0.1, -0.05) is 35.3 Å². The summed E-state index contributed by atoms with van der Waals surface area (Å²) < 4.78 is 42.6. The van der Waals surface area contributed by atoms with Crippen molar-refractivity contribution >= 4 is 34.7 Å². The molecule has 0 radical (unpaired) electrons. The Bertz CT molecular complexity index is 888. The lowest BCUT2D eigenvalue weighted by molar-refractivity contribution is -0.184. The van der Waals surface area contributed by atoms with Crippen molar-refractivity contribution in [3.8, 4) is 0 Å². The van der Waals surface area contributed by atoms with Crippen LogP contribution in [-0.4, -0.2) is 25.1 Å². The SMILES string of the molecule is CC(N)=NC(C)c1ccc(N2CCC(c3cc(Cl)cc(Cl)c3)(C(F)(F)F)C2)cc1. The molecule has 2 N–H and O–H groups in total. The quantitative estimate of drug-likeness (QED) is 0.455. The predicted octanol–water partition coefficient (Wildman–Crippen LogP) is 6.14. The third kappa shape index (κ3) is 4.48. The monoisotopic (exact) mass is 443 g/mol. The molecule has 2 aromatic carbocycles. The molecule has 29 heavy (non-hydrogen) atoms. The lowest BCUT2D eigenvalue weighted by Gasteiger charge is -2.33. The Morgan fingerprint density at radius 3 is 2.24 bits per heavy atom. The summed E-state index contributed by atoms with van der Waals surface area (Å²) in [5, 5.41) is 0.396. The number of hydrogen-bond donors (Lipinski definition) is 1. The molecule has 0 aromatic heterocycles. The van der Waals surface area contributed by atoms with Crippen LogP contribution in [-0.2, 0) is 5.41 Å². The Morgan fingerprint density at radius 2 is 1.72 bits per heavy atom. The average molecular weight is 444 g/mol. The van der Waals surface area contributed by atoms with Gasteiger partial charge in [0.2, 0.25) is 0 Å². The molecular weight excluding hydrogens is 422 g/mol. The van der Waals surface area contributed by atoms with Gasteiger partial charge in [-0.3, -0.25) is 4.99 Å². The molecule has 0 spiro atoms. The van der Waals surface area contributed by atoms with Gasteiger partial charge in [-0.05, 0) is 61.7 Å². The van der Waals surface area contributed by atoms with Crippen LogP contribution in [0.3, 0.4) is 0 Å². The number of benzene rings is 2. The summed E-state index contributed by atoms with van der Waals surface area (Å²) in [4.78, 5) is 6.04. The van der Waals surface area contributed by atoms with Gasteiger partial charge in [0.1, 0.15) is 5.41 Å². The first-order valence-corrected chi connectivity index (χ1v) is 9.95. The van der Waals surface area contributed by atoms with Crippen molar-refractivity contribution in [2.75, 3.05) is 18.0 Å². The highest BCUT2D eigenvalue weighted by Crippen LogP contribution is 2.49. The Labute approximate surface area is 178 Å². The minimum atomic E-state index is -4.43. The van der Waals surface area contributed by atoms with Crippen molar-refractivity contribution in [1.29, 1.82) is 0 Å². The van der Waals surface area contributed by atoms with Crippen LogP contribution in [0.15, 0.2) is 47.5 Å². The molecule has 1 fully saturated rings. The van der Waals surface area contributed by atoms with Crippen LogP contribution < -0.4 is 10.6 Å². The molecule has 3 rings (SSSR count). The van der Waals surface area contributed by atoms with Crippen LogP contribution in [0.1, 0.15) is 37.4 Å². The largest absolute Gasteiger partial charge is 0.400 e. The highest BCUT2D eigenvalue weighted by molar-refractivity contribution is 6.34. The van der Waals surface area contributed by atoms with E-state index in [4.69, 9.17) is 28.9 Å². The number of alkyl halides is 3. The first-order chi connectivity index (χ1) is 13.5. The summed E-state index contributed by atoms with van der Waals surface area (Å²) in [6.45, 7) is 3.72. The summed E-state index contributed by atoms with van der Waals surface area (Å²) in [7, 11) is 0. The molecule has 1 aliphatic rings. The third-order valence-electron chi connectivity index (χ3n) is 5.36. The zero-order valence-corrected chi connectivity index (χ0v) is 17.6. The molecule has 0 aliphatic carbocycles. The van der Waals surface area contributed by atoms with Crippen LogP contribution in [0.25, 0.3) is 0 Å². The Hall–Kier alpha value is -1.92. The van der Waals surface area contributed by atoms with Gasteiger partial charge in [-0.25, -0.2) is 0 Å². The van der Waals surface area contributed by atoms with Crippen molar-refractivity contribution in [2.45, 2.75) is 37.9 Å². The lowest BCUT2D eigenvalue weighted by atomic mass is 9.79. The predicted molar refractivity (Wildman–Crippen MR) is 113 cm³/mol. The van der Waals surface area contributed by atoms with E-state index in [1.165, 1.54) is 18.2 Å². The maximum absolute atomic E-state index is 14.2. The molecule has 156 valence electrons. The van der Waals surface area contributed by atoms with Crippen molar-refractivity contribution in [2.24, 2.45) is 10.7 Å². The first kappa shape index (κ1) is 21.8. The molecule has 1 heterocycles. The average Bonchev–Trinajstić information content (AvgIpc) is 3.07.